The molecule has 1 atom stereocenters. The average Bonchev–Trinajstić information content (AvgIpc) is 2.67. The fourth-order valence-electron chi connectivity index (χ4n) is 2.41. The number of allylic oxidation sites excluding steroid dienone is 4. The second kappa shape index (κ2) is 5.70. The van der Waals surface area contributed by atoms with E-state index >= 15 is 0 Å². The van der Waals surface area contributed by atoms with Gasteiger partial charge in [-0.2, -0.15) is 0 Å². The molecule has 1 aliphatic rings. The molecule has 0 heterocycles. The van der Waals surface area contributed by atoms with Crippen LogP contribution in [0.2, 0.25) is 0 Å². The first kappa shape index (κ1) is 13.3. The largest absolute Gasteiger partial charge is 0.465 e. The summed E-state index contributed by atoms with van der Waals surface area (Å²) in [4.78, 5) is 11.0. The van der Waals surface area contributed by atoms with Gasteiger partial charge in [-0.05, 0) is 29.2 Å². The van der Waals surface area contributed by atoms with Gasteiger partial charge in [0.25, 0.3) is 0 Å². The van der Waals surface area contributed by atoms with Gasteiger partial charge in [-0.25, -0.2) is 0 Å². The van der Waals surface area contributed by atoms with Crippen molar-refractivity contribution in [1.82, 2.24) is 0 Å². The number of fused-ring (bicyclic) bond motifs is 1. The Kier molecular flexibility index (Phi) is 4.00. The lowest BCUT2D eigenvalue weighted by Gasteiger charge is -2.13. The summed E-state index contributed by atoms with van der Waals surface area (Å²) in [7, 11) is 0. The fourth-order valence-corrected chi connectivity index (χ4v) is 2.41. The van der Waals surface area contributed by atoms with E-state index in [0.717, 1.165) is 16.7 Å². The predicted molar refractivity (Wildman–Crippen MR) is 77.7 cm³/mol. The van der Waals surface area contributed by atoms with Gasteiger partial charge in [0.1, 0.15) is 6.61 Å². The van der Waals surface area contributed by atoms with Gasteiger partial charge in [-0.1, -0.05) is 49.1 Å². The molecule has 0 spiro atoms. The van der Waals surface area contributed by atoms with Crippen LogP contribution in [-0.4, -0.2) is 12.6 Å². The van der Waals surface area contributed by atoms with Crippen molar-refractivity contribution < 1.29 is 9.53 Å². The third-order valence-corrected chi connectivity index (χ3v) is 3.31. The van der Waals surface area contributed by atoms with E-state index in [9.17, 15) is 4.79 Å². The molecule has 2 nitrogen and oxygen atoms in total. The maximum atomic E-state index is 11.0. The second-order valence-corrected chi connectivity index (χ2v) is 4.57. The molecule has 1 unspecified atom stereocenters. The zero-order chi connectivity index (χ0) is 13.8. The zero-order valence-corrected chi connectivity index (χ0v) is 11.3. The fraction of sp³-hybridized carbons (Fsp3) is 0.235. The summed E-state index contributed by atoms with van der Waals surface area (Å²) in [6.07, 6.45) is 6.02. The summed E-state index contributed by atoms with van der Waals surface area (Å²) < 4.78 is 5.20. The maximum Gasteiger partial charge on any atom is 0.302 e. The van der Waals surface area contributed by atoms with E-state index in [0.29, 0.717) is 6.61 Å². The maximum absolute atomic E-state index is 11.0. The van der Waals surface area contributed by atoms with Gasteiger partial charge in [0, 0.05) is 12.8 Å². The first-order valence-corrected chi connectivity index (χ1v) is 6.40. The summed E-state index contributed by atoms with van der Waals surface area (Å²) >= 11 is 0. The second-order valence-electron chi connectivity index (χ2n) is 4.57. The molecule has 0 bridgehead atoms. The van der Waals surface area contributed by atoms with Crippen molar-refractivity contribution in [2.75, 3.05) is 6.61 Å². The molecule has 0 fully saturated rings. The van der Waals surface area contributed by atoms with E-state index in [2.05, 4.69) is 24.8 Å². The van der Waals surface area contributed by atoms with Crippen LogP contribution in [0.1, 0.15) is 30.9 Å². The number of carbonyl (C=O) groups is 1. The van der Waals surface area contributed by atoms with Gasteiger partial charge in [0.15, 0.2) is 0 Å². The number of benzene rings is 1. The van der Waals surface area contributed by atoms with Gasteiger partial charge in [0.05, 0.1) is 0 Å². The van der Waals surface area contributed by atoms with Gasteiger partial charge < -0.3 is 4.74 Å². The summed E-state index contributed by atoms with van der Waals surface area (Å²) in [5.74, 6) is -0.163. The highest BCUT2D eigenvalue weighted by atomic mass is 16.5. The number of ether oxygens (including phenoxy) is 1. The SMILES string of the molecule is C=C1/C(=C\C=C/C)C(COC(C)=O)c2ccccc21. The molecule has 2 rings (SSSR count). The number of esters is 1. The van der Waals surface area contributed by atoms with Crippen molar-refractivity contribution in [3.63, 3.8) is 0 Å². The van der Waals surface area contributed by atoms with Crippen LogP contribution in [0, 0.1) is 0 Å². The molecular weight excluding hydrogens is 236 g/mol. The topological polar surface area (TPSA) is 26.3 Å². The van der Waals surface area contributed by atoms with Gasteiger partial charge in [-0.3, -0.25) is 4.79 Å². The van der Waals surface area contributed by atoms with Crippen LogP contribution in [0.5, 0.6) is 0 Å². The molecule has 0 aliphatic heterocycles. The third-order valence-electron chi connectivity index (χ3n) is 3.31. The third kappa shape index (κ3) is 2.68. The van der Waals surface area contributed by atoms with Crippen LogP contribution in [0.4, 0.5) is 0 Å². The highest BCUT2D eigenvalue weighted by Crippen LogP contribution is 2.44. The minimum absolute atomic E-state index is 0.0869. The molecule has 0 N–H and O–H groups in total. The quantitative estimate of drug-likeness (QED) is 0.765. The van der Waals surface area contributed by atoms with Crippen LogP contribution in [0.3, 0.4) is 0 Å². The van der Waals surface area contributed by atoms with Crippen LogP contribution >= 0.6 is 0 Å². The normalized spacial score (nSPS) is 20.0. The van der Waals surface area contributed by atoms with Crippen LogP contribution in [0.25, 0.3) is 5.57 Å². The summed E-state index contributed by atoms with van der Waals surface area (Å²) in [6, 6.07) is 8.15. The molecule has 2 heteroatoms. The lowest BCUT2D eigenvalue weighted by molar-refractivity contribution is -0.141. The molecule has 0 amide bonds. The van der Waals surface area contributed by atoms with E-state index in [1.54, 1.807) is 0 Å². The number of carbonyl (C=O) groups excluding carboxylic acids is 1. The molecule has 98 valence electrons. The molecule has 0 radical (unpaired) electrons. The number of rotatable bonds is 3. The molecule has 1 aromatic carbocycles. The lowest BCUT2D eigenvalue weighted by atomic mass is 9.97. The van der Waals surface area contributed by atoms with Crippen molar-refractivity contribution >= 4 is 11.5 Å². The first-order valence-electron chi connectivity index (χ1n) is 6.40. The predicted octanol–water partition coefficient (Wildman–Crippen LogP) is 3.86. The Labute approximate surface area is 114 Å². The Morgan fingerprint density at radius 2 is 2.16 bits per heavy atom. The van der Waals surface area contributed by atoms with Crippen molar-refractivity contribution in [2.24, 2.45) is 0 Å². The molecule has 0 saturated heterocycles. The standard InChI is InChI=1S/C17H18O2/c1-4-5-8-15-12(2)14-9-6-7-10-16(14)17(15)11-19-13(3)18/h4-10,17H,2,11H2,1,3H3/b5-4-,15-8+. The average molecular weight is 254 g/mol. The van der Waals surface area contributed by atoms with Crippen molar-refractivity contribution in [2.45, 2.75) is 19.8 Å². The van der Waals surface area contributed by atoms with Gasteiger partial charge in [0.2, 0.25) is 0 Å². The monoisotopic (exact) mass is 254 g/mol. The molecular formula is C17H18O2. The summed E-state index contributed by atoms with van der Waals surface area (Å²) in [6.45, 7) is 7.95. The Morgan fingerprint density at radius 1 is 1.42 bits per heavy atom. The Hall–Kier alpha value is -2.09. The van der Waals surface area contributed by atoms with E-state index in [-0.39, 0.29) is 11.9 Å². The Morgan fingerprint density at radius 3 is 2.84 bits per heavy atom. The summed E-state index contributed by atoms with van der Waals surface area (Å²) in [5.41, 5.74) is 4.48. The van der Waals surface area contributed by atoms with E-state index in [4.69, 9.17) is 4.74 Å². The molecule has 0 saturated carbocycles. The minimum Gasteiger partial charge on any atom is -0.465 e. The van der Waals surface area contributed by atoms with Gasteiger partial charge in [-0.15, -0.1) is 0 Å². The lowest BCUT2D eigenvalue weighted by Crippen LogP contribution is -2.09. The molecule has 0 aromatic heterocycles. The highest BCUT2D eigenvalue weighted by Gasteiger charge is 2.30. The van der Waals surface area contributed by atoms with Crippen LogP contribution in [0.15, 0.2) is 54.6 Å². The van der Waals surface area contributed by atoms with Crippen LogP contribution in [-0.2, 0) is 9.53 Å². The van der Waals surface area contributed by atoms with Crippen LogP contribution < -0.4 is 0 Å². The summed E-state index contributed by atoms with van der Waals surface area (Å²) in [5, 5.41) is 0. The minimum atomic E-state index is -0.250. The van der Waals surface area contributed by atoms with Crippen molar-refractivity contribution in [1.29, 1.82) is 0 Å². The number of hydrogen-bond donors (Lipinski definition) is 0. The zero-order valence-electron chi connectivity index (χ0n) is 11.3. The number of hydrogen-bond acceptors (Lipinski definition) is 2. The smallest absolute Gasteiger partial charge is 0.302 e. The highest BCUT2D eigenvalue weighted by molar-refractivity contribution is 5.87. The van der Waals surface area contributed by atoms with E-state index < -0.39 is 0 Å². The first-order chi connectivity index (χ1) is 9.15. The van der Waals surface area contributed by atoms with Crippen molar-refractivity contribution in [3.8, 4) is 0 Å². The van der Waals surface area contributed by atoms with Gasteiger partial charge >= 0.3 is 5.97 Å². The van der Waals surface area contributed by atoms with E-state index in [1.807, 2.05) is 31.2 Å². The van der Waals surface area contributed by atoms with Crippen molar-refractivity contribution in [3.05, 3.63) is 65.8 Å². The Balaban J connectivity index is 2.39. The Bertz CT molecular complexity index is 564. The molecule has 1 aliphatic carbocycles. The van der Waals surface area contributed by atoms with E-state index in [1.165, 1.54) is 12.5 Å². The molecule has 1 aromatic rings. The molecule has 19 heavy (non-hydrogen) atoms.